The molecule has 1 rings (SSSR count). The molecule has 0 bridgehead atoms. The van der Waals surface area contributed by atoms with Crippen molar-refractivity contribution < 1.29 is 22.9 Å². The molecule has 0 heterocycles. The number of carbonyl (C=O) groups is 1. The van der Waals surface area contributed by atoms with Crippen LogP contribution in [-0.2, 0) is 14.9 Å². The number of hydrogen-bond donors (Lipinski definition) is 2. The van der Waals surface area contributed by atoms with Crippen LogP contribution in [0.1, 0.15) is 32.1 Å². The molecule has 0 aromatic rings. The Morgan fingerprint density at radius 2 is 1.62 bits per heavy atom. The quantitative estimate of drug-likeness (QED) is 0.650. The van der Waals surface area contributed by atoms with Crippen LogP contribution in [0.3, 0.4) is 0 Å². The first-order valence-electron chi connectivity index (χ1n) is 4.10. The van der Waals surface area contributed by atoms with Gasteiger partial charge in [0.2, 0.25) is 0 Å². The van der Waals surface area contributed by atoms with Gasteiger partial charge in [-0.2, -0.15) is 8.42 Å². The molecule has 1 aliphatic rings. The molecular formula is C7H12O5S. The Hall–Kier alpha value is -0.620. The summed E-state index contributed by atoms with van der Waals surface area (Å²) in [4.78, 5) is 10.8. The molecule has 0 amide bonds. The van der Waals surface area contributed by atoms with Crippen molar-refractivity contribution in [2.45, 2.75) is 36.9 Å². The molecule has 13 heavy (non-hydrogen) atoms. The normalized spacial score (nSPS) is 22.5. The average Bonchev–Trinajstić information content (AvgIpc) is 2.03. The molecule has 2 N–H and O–H groups in total. The van der Waals surface area contributed by atoms with Gasteiger partial charge in [-0.3, -0.25) is 9.35 Å². The summed E-state index contributed by atoms with van der Waals surface area (Å²) in [5.41, 5.74) is 0. The molecule has 0 aromatic carbocycles. The minimum Gasteiger partial charge on any atom is -0.480 e. The SMILES string of the molecule is O=C(O)C1(S(=O)(=O)O)CCCCC1. The maximum Gasteiger partial charge on any atom is 0.327 e. The van der Waals surface area contributed by atoms with E-state index in [0.717, 1.165) is 6.42 Å². The summed E-state index contributed by atoms with van der Waals surface area (Å²) in [6.07, 6.45) is 1.92. The van der Waals surface area contributed by atoms with E-state index >= 15 is 0 Å². The molecule has 0 spiro atoms. The number of hydrogen-bond acceptors (Lipinski definition) is 3. The van der Waals surface area contributed by atoms with Crippen molar-refractivity contribution in [3.8, 4) is 0 Å². The Kier molecular flexibility index (Phi) is 2.63. The highest BCUT2D eigenvalue weighted by molar-refractivity contribution is 7.88. The van der Waals surface area contributed by atoms with Gasteiger partial charge < -0.3 is 5.11 Å². The van der Waals surface area contributed by atoms with Crippen LogP contribution in [0.5, 0.6) is 0 Å². The van der Waals surface area contributed by atoms with Crippen LogP contribution in [0.25, 0.3) is 0 Å². The summed E-state index contributed by atoms with van der Waals surface area (Å²) in [5.74, 6) is -1.44. The molecule has 0 saturated heterocycles. The number of carboxylic acids is 1. The van der Waals surface area contributed by atoms with Crippen molar-refractivity contribution in [1.82, 2.24) is 0 Å². The fraction of sp³-hybridized carbons (Fsp3) is 0.857. The highest BCUT2D eigenvalue weighted by Gasteiger charge is 2.50. The summed E-state index contributed by atoms with van der Waals surface area (Å²) >= 11 is 0. The van der Waals surface area contributed by atoms with Gasteiger partial charge in [0.25, 0.3) is 10.1 Å². The van der Waals surface area contributed by atoms with Crippen LogP contribution in [0, 0.1) is 0 Å². The molecule has 1 aliphatic carbocycles. The third kappa shape index (κ3) is 1.68. The zero-order valence-corrected chi connectivity index (χ0v) is 7.88. The van der Waals surface area contributed by atoms with E-state index in [1.807, 2.05) is 0 Å². The first-order valence-corrected chi connectivity index (χ1v) is 5.54. The summed E-state index contributed by atoms with van der Waals surface area (Å²) < 4.78 is 28.8. The fourth-order valence-electron chi connectivity index (χ4n) is 1.71. The Morgan fingerprint density at radius 3 is 1.85 bits per heavy atom. The van der Waals surface area contributed by atoms with E-state index in [-0.39, 0.29) is 12.8 Å². The van der Waals surface area contributed by atoms with Gasteiger partial charge >= 0.3 is 5.97 Å². The van der Waals surface area contributed by atoms with Gasteiger partial charge in [-0.25, -0.2) is 0 Å². The molecule has 5 nitrogen and oxygen atoms in total. The Labute approximate surface area is 76.5 Å². The monoisotopic (exact) mass is 208 g/mol. The lowest BCUT2D eigenvalue weighted by Gasteiger charge is -2.29. The summed E-state index contributed by atoms with van der Waals surface area (Å²) in [6.45, 7) is 0. The molecule has 0 atom stereocenters. The lowest BCUT2D eigenvalue weighted by Crippen LogP contribution is -2.47. The molecule has 0 radical (unpaired) electrons. The van der Waals surface area contributed by atoms with E-state index in [4.69, 9.17) is 9.66 Å². The Bertz CT molecular complexity index is 299. The molecule has 0 aliphatic heterocycles. The maximum atomic E-state index is 10.9. The predicted molar refractivity (Wildman–Crippen MR) is 45.0 cm³/mol. The van der Waals surface area contributed by atoms with E-state index in [9.17, 15) is 13.2 Å². The third-order valence-corrected chi connectivity index (χ3v) is 4.12. The standard InChI is InChI=1S/C7H12O5S/c8-6(9)7(13(10,11)12)4-2-1-3-5-7/h1-5H2,(H,8,9)(H,10,11,12). The molecule has 0 unspecified atom stereocenters. The Morgan fingerprint density at radius 1 is 1.15 bits per heavy atom. The zero-order valence-electron chi connectivity index (χ0n) is 7.06. The van der Waals surface area contributed by atoms with Gasteiger partial charge in [0, 0.05) is 0 Å². The first-order chi connectivity index (χ1) is 5.90. The van der Waals surface area contributed by atoms with E-state index in [0.29, 0.717) is 12.8 Å². The second-order valence-corrected chi connectivity index (χ2v) is 5.07. The molecule has 1 fully saturated rings. The highest BCUT2D eigenvalue weighted by Crippen LogP contribution is 2.34. The molecule has 1 saturated carbocycles. The second kappa shape index (κ2) is 3.26. The van der Waals surface area contributed by atoms with Crippen molar-refractivity contribution in [2.24, 2.45) is 0 Å². The van der Waals surface area contributed by atoms with Gasteiger partial charge in [-0.15, -0.1) is 0 Å². The van der Waals surface area contributed by atoms with Crippen LogP contribution in [-0.4, -0.2) is 28.8 Å². The molecular weight excluding hydrogens is 196 g/mol. The van der Waals surface area contributed by atoms with Gasteiger partial charge in [-0.05, 0) is 12.8 Å². The summed E-state index contributed by atoms with van der Waals surface area (Å²) in [7, 11) is -4.49. The van der Waals surface area contributed by atoms with Crippen LogP contribution in [0.2, 0.25) is 0 Å². The summed E-state index contributed by atoms with van der Waals surface area (Å²) in [6, 6.07) is 0. The van der Waals surface area contributed by atoms with E-state index in [2.05, 4.69) is 0 Å². The highest BCUT2D eigenvalue weighted by atomic mass is 32.2. The zero-order chi connectivity index (χ0) is 10.1. The topological polar surface area (TPSA) is 91.7 Å². The number of rotatable bonds is 2. The van der Waals surface area contributed by atoms with E-state index in [1.54, 1.807) is 0 Å². The number of aliphatic carboxylic acids is 1. The van der Waals surface area contributed by atoms with E-state index < -0.39 is 20.8 Å². The smallest absolute Gasteiger partial charge is 0.327 e. The molecule has 6 heteroatoms. The van der Waals surface area contributed by atoms with Crippen molar-refractivity contribution in [1.29, 1.82) is 0 Å². The first kappa shape index (κ1) is 10.5. The van der Waals surface area contributed by atoms with Crippen LogP contribution in [0.4, 0.5) is 0 Å². The second-order valence-electron chi connectivity index (χ2n) is 3.34. The number of carboxylic acid groups (broad SMARTS) is 1. The van der Waals surface area contributed by atoms with Crippen molar-refractivity contribution in [3.05, 3.63) is 0 Å². The molecule has 0 aromatic heterocycles. The Balaban J connectivity index is 3.07. The lowest BCUT2D eigenvalue weighted by molar-refractivity contribution is -0.141. The average molecular weight is 208 g/mol. The largest absolute Gasteiger partial charge is 0.480 e. The van der Waals surface area contributed by atoms with Gasteiger partial charge in [0.1, 0.15) is 0 Å². The van der Waals surface area contributed by atoms with Gasteiger partial charge in [-0.1, -0.05) is 19.3 Å². The minimum atomic E-state index is -4.49. The van der Waals surface area contributed by atoms with Gasteiger partial charge in [0.15, 0.2) is 4.75 Å². The van der Waals surface area contributed by atoms with Gasteiger partial charge in [0.05, 0.1) is 0 Å². The van der Waals surface area contributed by atoms with Crippen molar-refractivity contribution in [2.75, 3.05) is 0 Å². The predicted octanol–water partition coefficient (Wildman–Crippen LogP) is 0.662. The lowest BCUT2D eigenvalue weighted by atomic mass is 9.88. The van der Waals surface area contributed by atoms with Crippen LogP contribution >= 0.6 is 0 Å². The maximum absolute atomic E-state index is 10.9. The van der Waals surface area contributed by atoms with Crippen molar-refractivity contribution >= 4 is 16.1 Å². The van der Waals surface area contributed by atoms with E-state index in [1.165, 1.54) is 0 Å². The van der Waals surface area contributed by atoms with Crippen LogP contribution < -0.4 is 0 Å². The fourth-order valence-corrected chi connectivity index (χ4v) is 2.73. The summed E-state index contributed by atoms with van der Waals surface area (Å²) in [5, 5.41) is 8.79. The molecule has 76 valence electrons. The third-order valence-electron chi connectivity index (χ3n) is 2.54. The van der Waals surface area contributed by atoms with Crippen molar-refractivity contribution in [3.63, 3.8) is 0 Å². The minimum absolute atomic E-state index is 0.0150. The van der Waals surface area contributed by atoms with Crippen LogP contribution in [0.15, 0.2) is 0 Å².